The number of benzene rings is 3. The molecule has 3 aromatic carbocycles. The smallest absolute Gasteiger partial charge is 0.244 e. The highest BCUT2D eigenvalue weighted by Crippen LogP contribution is 2.16. The molecule has 4 nitrogen and oxygen atoms in total. The minimum atomic E-state index is -3.91. The lowest BCUT2D eigenvalue weighted by Gasteiger charge is -2.18. The van der Waals surface area contributed by atoms with Gasteiger partial charge in [0.05, 0.1) is 18.0 Å². The first-order valence-electron chi connectivity index (χ1n) is 9.66. The Morgan fingerprint density at radius 3 is 1.94 bits per heavy atom. The molecule has 0 spiro atoms. The van der Waals surface area contributed by atoms with Gasteiger partial charge in [-0.15, -0.1) is 0 Å². The summed E-state index contributed by atoms with van der Waals surface area (Å²) in [7, 11) is -3.91. The molecular weight excluding hydrogens is 406 g/mol. The molecule has 0 aliphatic heterocycles. The van der Waals surface area contributed by atoms with E-state index in [4.69, 9.17) is 0 Å². The van der Waals surface area contributed by atoms with Gasteiger partial charge < -0.3 is 0 Å². The topological polar surface area (TPSA) is 54.5 Å². The van der Waals surface area contributed by atoms with Crippen LogP contribution in [0, 0.1) is 30.6 Å². The van der Waals surface area contributed by atoms with Gasteiger partial charge in [0.1, 0.15) is 0 Å². The van der Waals surface area contributed by atoms with Crippen LogP contribution >= 0.6 is 0 Å². The van der Waals surface area contributed by atoms with Crippen LogP contribution in [0.3, 0.4) is 0 Å². The van der Waals surface area contributed by atoms with Gasteiger partial charge in [0.2, 0.25) is 15.8 Å². The highest BCUT2D eigenvalue weighted by molar-refractivity contribution is 7.89. The molecule has 3 rings (SSSR count). The summed E-state index contributed by atoms with van der Waals surface area (Å²) < 4.78 is 27.4. The average Bonchev–Trinajstić information content (AvgIpc) is 2.79. The van der Waals surface area contributed by atoms with Gasteiger partial charge in [-0.2, -0.15) is 4.31 Å². The van der Waals surface area contributed by atoms with E-state index in [9.17, 15) is 13.2 Å². The van der Waals surface area contributed by atoms with Gasteiger partial charge in [0, 0.05) is 11.1 Å². The zero-order valence-electron chi connectivity index (χ0n) is 17.1. The molecule has 0 aliphatic rings. The van der Waals surface area contributed by atoms with E-state index in [1.165, 1.54) is 12.1 Å². The summed E-state index contributed by atoms with van der Waals surface area (Å²) in [4.78, 5) is 12.6. The SMILES string of the molecule is Cc1ccc(S(=O)(=O)N(CC#Cc2ccccc2)CC(=O)C#Cc2ccccc2)cc1. The average molecular weight is 428 g/mol. The second kappa shape index (κ2) is 10.4. The van der Waals surface area contributed by atoms with Crippen molar-refractivity contribution in [2.24, 2.45) is 0 Å². The maximum atomic E-state index is 13.2. The molecule has 0 aromatic heterocycles. The summed E-state index contributed by atoms with van der Waals surface area (Å²) in [5, 5.41) is 0. The molecular formula is C26H21NO3S. The standard InChI is InChI=1S/C26H21NO3S/c1-22-14-18-26(19-15-22)31(29,30)27(20-8-13-23-9-4-2-5-10-23)21-25(28)17-16-24-11-6-3-7-12-24/h2-7,9-12,14-15,18-19H,20-21H2,1H3. The number of Topliss-reactive ketones (excluding diaryl/α,β-unsaturated/α-hetero) is 1. The summed E-state index contributed by atoms with van der Waals surface area (Å²) in [6.07, 6.45) is 0. The van der Waals surface area contributed by atoms with Crippen molar-refractivity contribution < 1.29 is 13.2 Å². The largest absolute Gasteiger partial charge is 0.283 e. The second-order valence-corrected chi connectivity index (χ2v) is 8.73. The zero-order chi connectivity index (χ0) is 22.1. The van der Waals surface area contributed by atoms with Gasteiger partial charge in [-0.25, -0.2) is 8.42 Å². The number of hydrogen-bond acceptors (Lipinski definition) is 3. The molecule has 3 aromatic rings. The van der Waals surface area contributed by atoms with Crippen molar-refractivity contribution >= 4 is 15.8 Å². The maximum Gasteiger partial charge on any atom is 0.244 e. The number of hydrogen-bond donors (Lipinski definition) is 0. The summed E-state index contributed by atoms with van der Waals surface area (Å²) in [5.41, 5.74) is 2.40. The number of rotatable bonds is 5. The number of ketones is 1. The third-order valence-electron chi connectivity index (χ3n) is 4.36. The van der Waals surface area contributed by atoms with Crippen molar-refractivity contribution in [2.45, 2.75) is 11.8 Å². The Morgan fingerprint density at radius 1 is 0.806 bits per heavy atom. The van der Waals surface area contributed by atoms with Gasteiger partial charge in [0.15, 0.2) is 0 Å². The molecule has 154 valence electrons. The molecule has 0 fully saturated rings. The first-order chi connectivity index (χ1) is 14.9. The van der Waals surface area contributed by atoms with Crippen molar-refractivity contribution in [3.8, 4) is 23.7 Å². The Kier molecular flexibility index (Phi) is 7.40. The van der Waals surface area contributed by atoms with Gasteiger partial charge in [-0.05, 0) is 49.2 Å². The molecule has 0 N–H and O–H groups in total. The van der Waals surface area contributed by atoms with Crippen molar-refractivity contribution in [2.75, 3.05) is 13.1 Å². The van der Waals surface area contributed by atoms with Crippen LogP contribution in [0.25, 0.3) is 0 Å². The number of aryl methyl sites for hydroxylation is 1. The third kappa shape index (κ3) is 6.42. The predicted octanol–water partition coefficient (Wildman–Crippen LogP) is 3.66. The Morgan fingerprint density at radius 2 is 1.35 bits per heavy atom. The van der Waals surface area contributed by atoms with E-state index in [1.54, 1.807) is 24.3 Å². The van der Waals surface area contributed by atoms with Crippen LogP contribution < -0.4 is 0 Å². The van der Waals surface area contributed by atoms with E-state index in [-0.39, 0.29) is 18.0 Å². The van der Waals surface area contributed by atoms with E-state index in [0.29, 0.717) is 5.56 Å². The monoisotopic (exact) mass is 427 g/mol. The Balaban J connectivity index is 1.85. The number of carbonyl (C=O) groups excluding carboxylic acids is 1. The number of carbonyl (C=O) groups is 1. The lowest BCUT2D eigenvalue weighted by molar-refractivity contribution is -0.113. The fourth-order valence-corrected chi connectivity index (χ4v) is 4.00. The molecule has 31 heavy (non-hydrogen) atoms. The molecule has 0 unspecified atom stereocenters. The lowest BCUT2D eigenvalue weighted by atomic mass is 10.2. The highest BCUT2D eigenvalue weighted by Gasteiger charge is 2.25. The van der Waals surface area contributed by atoms with E-state index in [1.807, 2.05) is 55.5 Å². The van der Waals surface area contributed by atoms with E-state index in [0.717, 1.165) is 15.4 Å². The maximum absolute atomic E-state index is 13.2. The molecule has 0 bridgehead atoms. The Bertz CT molecular complexity index is 1260. The number of sulfonamides is 1. The molecule has 0 saturated carbocycles. The minimum absolute atomic E-state index is 0.114. The van der Waals surface area contributed by atoms with Crippen LogP contribution in [0.2, 0.25) is 0 Å². The van der Waals surface area contributed by atoms with E-state index < -0.39 is 15.8 Å². The van der Waals surface area contributed by atoms with Gasteiger partial charge in [-0.1, -0.05) is 71.9 Å². The second-order valence-electron chi connectivity index (χ2n) is 6.79. The first-order valence-corrected chi connectivity index (χ1v) is 11.1. The lowest BCUT2D eigenvalue weighted by Crippen LogP contribution is -2.35. The fourth-order valence-electron chi connectivity index (χ4n) is 2.70. The summed E-state index contributed by atoms with van der Waals surface area (Å²) in [6.45, 7) is 1.38. The molecule has 0 heterocycles. The fraction of sp³-hybridized carbons (Fsp3) is 0.115. The van der Waals surface area contributed by atoms with E-state index >= 15 is 0 Å². The van der Waals surface area contributed by atoms with Crippen molar-refractivity contribution in [1.82, 2.24) is 4.31 Å². The van der Waals surface area contributed by atoms with Gasteiger partial charge >= 0.3 is 0 Å². The Labute approximate surface area is 183 Å². The Hall–Kier alpha value is -3.64. The van der Waals surface area contributed by atoms with Gasteiger partial charge in [0.25, 0.3) is 0 Å². The number of nitrogens with zero attached hydrogens (tertiary/aromatic N) is 1. The molecule has 0 amide bonds. The molecule has 0 aliphatic carbocycles. The summed E-state index contributed by atoms with van der Waals surface area (Å²) in [5.74, 6) is 10.6. The highest BCUT2D eigenvalue weighted by atomic mass is 32.2. The quantitative estimate of drug-likeness (QED) is 0.584. The van der Waals surface area contributed by atoms with Gasteiger partial charge in [-0.3, -0.25) is 4.79 Å². The predicted molar refractivity (Wildman–Crippen MR) is 122 cm³/mol. The normalized spacial score (nSPS) is 10.5. The van der Waals surface area contributed by atoms with Crippen molar-refractivity contribution in [3.05, 3.63) is 102 Å². The zero-order valence-corrected chi connectivity index (χ0v) is 17.9. The van der Waals surface area contributed by atoms with Crippen molar-refractivity contribution in [1.29, 1.82) is 0 Å². The van der Waals surface area contributed by atoms with Crippen molar-refractivity contribution in [3.63, 3.8) is 0 Å². The van der Waals surface area contributed by atoms with Crippen LogP contribution in [0.1, 0.15) is 16.7 Å². The summed E-state index contributed by atoms with van der Waals surface area (Å²) >= 11 is 0. The summed E-state index contributed by atoms with van der Waals surface area (Å²) in [6, 6.07) is 24.8. The molecule has 5 heteroatoms. The molecule has 0 atom stereocenters. The van der Waals surface area contributed by atoms with Crippen LogP contribution in [0.15, 0.2) is 89.8 Å². The van der Waals surface area contributed by atoms with Crippen LogP contribution in [-0.4, -0.2) is 31.6 Å². The molecule has 0 radical (unpaired) electrons. The molecule has 0 saturated heterocycles. The third-order valence-corrected chi connectivity index (χ3v) is 6.17. The minimum Gasteiger partial charge on any atom is -0.283 e. The van der Waals surface area contributed by atoms with Crippen LogP contribution in [0.5, 0.6) is 0 Å². The van der Waals surface area contributed by atoms with Crippen LogP contribution in [-0.2, 0) is 14.8 Å². The first kappa shape index (κ1) is 22.1. The van der Waals surface area contributed by atoms with E-state index in [2.05, 4.69) is 23.7 Å². The van der Waals surface area contributed by atoms with Crippen LogP contribution in [0.4, 0.5) is 0 Å².